The van der Waals surface area contributed by atoms with E-state index in [0.29, 0.717) is 24.6 Å². The fourth-order valence-electron chi connectivity index (χ4n) is 2.29. The van der Waals surface area contributed by atoms with Crippen LogP contribution >= 0.6 is 0 Å². The van der Waals surface area contributed by atoms with Gasteiger partial charge in [-0.2, -0.15) is 0 Å². The van der Waals surface area contributed by atoms with E-state index < -0.39 is 6.10 Å². The summed E-state index contributed by atoms with van der Waals surface area (Å²) in [6.45, 7) is 3.16. The van der Waals surface area contributed by atoms with E-state index in [2.05, 4.69) is 4.90 Å². The van der Waals surface area contributed by atoms with Crippen molar-refractivity contribution in [3.63, 3.8) is 0 Å². The molecule has 4 nitrogen and oxygen atoms in total. The number of nitrogen functional groups attached to an aromatic ring is 1. The zero-order valence-electron chi connectivity index (χ0n) is 10.7. The Labute approximate surface area is 108 Å². The molecule has 3 N–H and O–H groups in total. The fraction of sp³-hybridized carbons (Fsp3) is 0.571. The van der Waals surface area contributed by atoms with Crippen molar-refractivity contribution in [3.8, 4) is 5.75 Å². The fourth-order valence-corrected chi connectivity index (χ4v) is 2.29. The van der Waals surface area contributed by atoms with Crippen LogP contribution in [-0.2, 0) is 0 Å². The molecule has 2 rings (SSSR count). The number of nitrogens with zero attached hydrogens (tertiary/aromatic N) is 1. The highest BCUT2D eigenvalue weighted by Gasteiger charge is 2.15. The molecule has 1 aliphatic heterocycles. The SMILES string of the molecule is Nc1ccccc1OCC(O)CN1CCCCC1. The largest absolute Gasteiger partial charge is 0.489 e. The van der Waals surface area contributed by atoms with Crippen LogP contribution < -0.4 is 10.5 Å². The van der Waals surface area contributed by atoms with Crippen LogP contribution in [0, 0.1) is 0 Å². The maximum absolute atomic E-state index is 9.95. The van der Waals surface area contributed by atoms with Gasteiger partial charge in [-0.25, -0.2) is 0 Å². The first-order valence-electron chi connectivity index (χ1n) is 6.63. The summed E-state index contributed by atoms with van der Waals surface area (Å²) in [5, 5.41) is 9.95. The zero-order chi connectivity index (χ0) is 12.8. The molecular weight excluding hydrogens is 228 g/mol. The lowest BCUT2D eigenvalue weighted by Crippen LogP contribution is -2.38. The van der Waals surface area contributed by atoms with Crippen LogP contribution in [-0.4, -0.2) is 42.4 Å². The van der Waals surface area contributed by atoms with Crippen molar-refractivity contribution >= 4 is 5.69 Å². The molecule has 1 atom stereocenters. The van der Waals surface area contributed by atoms with Crippen LogP contribution in [0.5, 0.6) is 5.75 Å². The average Bonchev–Trinajstić information content (AvgIpc) is 2.39. The van der Waals surface area contributed by atoms with Gasteiger partial charge in [-0.1, -0.05) is 18.6 Å². The Hall–Kier alpha value is -1.26. The summed E-state index contributed by atoms with van der Waals surface area (Å²) in [7, 11) is 0. The van der Waals surface area contributed by atoms with Crippen molar-refractivity contribution in [2.75, 3.05) is 32.0 Å². The minimum absolute atomic E-state index is 0.296. The topological polar surface area (TPSA) is 58.7 Å². The molecule has 0 bridgehead atoms. The predicted molar refractivity (Wildman–Crippen MR) is 72.6 cm³/mol. The number of ether oxygens (including phenoxy) is 1. The minimum atomic E-state index is -0.456. The maximum atomic E-state index is 9.95. The Morgan fingerprint density at radius 2 is 1.94 bits per heavy atom. The van der Waals surface area contributed by atoms with Gasteiger partial charge in [0, 0.05) is 6.54 Å². The summed E-state index contributed by atoms with van der Waals surface area (Å²) >= 11 is 0. The molecular formula is C14H22N2O2. The lowest BCUT2D eigenvalue weighted by Gasteiger charge is -2.28. The number of aliphatic hydroxyl groups is 1. The molecule has 1 aliphatic rings. The number of aliphatic hydroxyl groups excluding tert-OH is 1. The lowest BCUT2D eigenvalue weighted by molar-refractivity contribution is 0.0620. The van der Waals surface area contributed by atoms with Crippen LogP contribution in [0.3, 0.4) is 0 Å². The molecule has 1 unspecified atom stereocenters. The third-order valence-electron chi connectivity index (χ3n) is 3.27. The summed E-state index contributed by atoms with van der Waals surface area (Å²) < 4.78 is 5.54. The standard InChI is InChI=1S/C14H22N2O2/c15-13-6-2-3-7-14(13)18-11-12(17)10-16-8-4-1-5-9-16/h2-3,6-7,12,17H,1,4-5,8-11,15H2. The normalized spacial score (nSPS) is 18.5. The second-order valence-electron chi connectivity index (χ2n) is 4.86. The summed E-state index contributed by atoms with van der Waals surface area (Å²) in [5.41, 5.74) is 6.39. The second-order valence-corrected chi connectivity index (χ2v) is 4.86. The molecule has 0 spiro atoms. The minimum Gasteiger partial charge on any atom is -0.489 e. The van der Waals surface area contributed by atoms with Gasteiger partial charge in [-0.05, 0) is 38.1 Å². The van der Waals surface area contributed by atoms with Gasteiger partial charge in [0.1, 0.15) is 18.5 Å². The highest BCUT2D eigenvalue weighted by atomic mass is 16.5. The van der Waals surface area contributed by atoms with Gasteiger partial charge in [0.15, 0.2) is 0 Å². The Kier molecular flexibility index (Phi) is 4.84. The molecule has 4 heteroatoms. The van der Waals surface area contributed by atoms with E-state index in [1.807, 2.05) is 18.2 Å². The summed E-state index contributed by atoms with van der Waals surface area (Å²) in [5.74, 6) is 0.648. The van der Waals surface area contributed by atoms with Gasteiger partial charge in [0.25, 0.3) is 0 Å². The summed E-state index contributed by atoms with van der Waals surface area (Å²) in [6.07, 6.45) is 3.32. The van der Waals surface area contributed by atoms with Gasteiger partial charge >= 0.3 is 0 Å². The Morgan fingerprint density at radius 1 is 1.22 bits per heavy atom. The first-order valence-corrected chi connectivity index (χ1v) is 6.63. The van der Waals surface area contributed by atoms with E-state index in [-0.39, 0.29) is 0 Å². The Bertz CT molecular complexity index is 365. The zero-order valence-corrected chi connectivity index (χ0v) is 10.7. The van der Waals surface area contributed by atoms with Crippen molar-refractivity contribution in [3.05, 3.63) is 24.3 Å². The first-order chi connectivity index (χ1) is 8.75. The van der Waals surface area contributed by atoms with Crippen LogP contribution in [0.1, 0.15) is 19.3 Å². The van der Waals surface area contributed by atoms with Crippen LogP contribution in [0.15, 0.2) is 24.3 Å². The van der Waals surface area contributed by atoms with Crippen LogP contribution in [0.25, 0.3) is 0 Å². The number of hydrogen-bond acceptors (Lipinski definition) is 4. The molecule has 0 radical (unpaired) electrons. The third kappa shape index (κ3) is 3.89. The van der Waals surface area contributed by atoms with Crippen molar-refractivity contribution in [2.45, 2.75) is 25.4 Å². The highest BCUT2D eigenvalue weighted by molar-refractivity contribution is 5.51. The molecule has 1 saturated heterocycles. The number of para-hydroxylation sites is 2. The first kappa shape index (κ1) is 13.2. The Balaban J connectivity index is 1.74. The number of benzene rings is 1. The number of anilines is 1. The molecule has 0 aromatic heterocycles. The number of nitrogens with two attached hydrogens (primary N) is 1. The number of hydrogen-bond donors (Lipinski definition) is 2. The number of piperidine rings is 1. The molecule has 18 heavy (non-hydrogen) atoms. The van der Waals surface area contributed by atoms with Crippen LogP contribution in [0.2, 0.25) is 0 Å². The molecule has 0 saturated carbocycles. The molecule has 1 aromatic carbocycles. The molecule has 1 heterocycles. The van der Waals surface area contributed by atoms with Crippen molar-refractivity contribution in [1.29, 1.82) is 0 Å². The van der Waals surface area contributed by atoms with E-state index in [0.717, 1.165) is 13.1 Å². The van der Waals surface area contributed by atoms with Crippen LogP contribution in [0.4, 0.5) is 5.69 Å². The van der Waals surface area contributed by atoms with Gasteiger partial charge < -0.3 is 20.5 Å². The van der Waals surface area contributed by atoms with Gasteiger partial charge in [-0.15, -0.1) is 0 Å². The van der Waals surface area contributed by atoms with Gasteiger partial charge in [0.2, 0.25) is 0 Å². The predicted octanol–water partition coefficient (Wildman–Crippen LogP) is 1.49. The molecule has 0 aliphatic carbocycles. The monoisotopic (exact) mass is 250 g/mol. The molecule has 1 fully saturated rings. The van der Waals surface area contributed by atoms with E-state index in [9.17, 15) is 5.11 Å². The number of β-amino-alcohol motifs (C(OH)–C–C–N with tert-alkyl or cyclic N) is 1. The van der Waals surface area contributed by atoms with Crippen molar-refractivity contribution < 1.29 is 9.84 Å². The van der Waals surface area contributed by atoms with Gasteiger partial charge in [-0.3, -0.25) is 0 Å². The number of rotatable bonds is 5. The summed E-state index contributed by atoms with van der Waals surface area (Å²) in [4.78, 5) is 2.30. The molecule has 1 aromatic rings. The third-order valence-corrected chi connectivity index (χ3v) is 3.27. The molecule has 100 valence electrons. The van der Waals surface area contributed by atoms with E-state index in [1.54, 1.807) is 6.07 Å². The number of likely N-dealkylation sites (tertiary alicyclic amines) is 1. The average molecular weight is 250 g/mol. The second kappa shape index (κ2) is 6.61. The van der Waals surface area contributed by atoms with E-state index in [1.165, 1.54) is 19.3 Å². The maximum Gasteiger partial charge on any atom is 0.142 e. The summed E-state index contributed by atoms with van der Waals surface area (Å²) in [6, 6.07) is 7.37. The highest BCUT2D eigenvalue weighted by Crippen LogP contribution is 2.19. The quantitative estimate of drug-likeness (QED) is 0.777. The Morgan fingerprint density at radius 3 is 2.67 bits per heavy atom. The van der Waals surface area contributed by atoms with Gasteiger partial charge in [0.05, 0.1) is 5.69 Å². The van der Waals surface area contributed by atoms with Crippen molar-refractivity contribution in [1.82, 2.24) is 4.90 Å². The smallest absolute Gasteiger partial charge is 0.142 e. The van der Waals surface area contributed by atoms with E-state index in [4.69, 9.17) is 10.5 Å². The lowest BCUT2D eigenvalue weighted by atomic mass is 10.1. The molecule has 0 amide bonds. The van der Waals surface area contributed by atoms with Crippen molar-refractivity contribution in [2.24, 2.45) is 0 Å². The van der Waals surface area contributed by atoms with E-state index >= 15 is 0 Å².